The molecule has 0 aliphatic heterocycles. The standard InChI is InChI=1S/C15H20O3S/c1-11(2)14(19-3)18-15(8-4-5-9-15)13-7-6-12(10-16)17-13/h6-7,16H,1,3-5,8-10H2,2H3. The SMILES string of the molecule is C=S=C(OC1(c2ccc(CO)o2)CCCC1)C(=C)C. The van der Waals surface area contributed by atoms with Gasteiger partial charge in [-0.05, 0) is 56.2 Å². The van der Waals surface area contributed by atoms with E-state index in [4.69, 9.17) is 14.3 Å². The summed E-state index contributed by atoms with van der Waals surface area (Å²) in [7, 11) is 1.32. The van der Waals surface area contributed by atoms with Crippen LogP contribution in [-0.2, 0) is 16.9 Å². The van der Waals surface area contributed by atoms with Crippen LogP contribution in [0.5, 0.6) is 0 Å². The molecule has 1 aromatic rings. The van der Waals surface area contributed by atoms with Crippen LogP contribution in [0.2, 0.25) is 0 Å². The van der Waals surface area contributed by atoms with E-state index in [0.717, 1.165) is 42.1 Å². The first kappa shape index (κ1) is 14.3. The minimum absolute atomic E-state index is 0.0861. The van der Waals surface area contributed by atoms with Crippen LogP contribution in [0.1, 0.15) is 44.1 Å². The highest BCUT2D eigenvalue weighted by molar-refractivity contribution is 7.96. The second-order valence-electron chi connectivity index (χ2n) is 4.94. The Morgan fingerprint density at radius 1 is 1.47 bits per heavy atom. The van der Waals surface area contributed by atoms with Crippen LogP contribution in [0.25, 0.3) is 0 Å². The van der Waals surface area contributed by atoms with Crippen molar-refractivity contribution in [1.29, 1.82) is 0 Å². The summed E-state index contributed by atoms with van der Waals surface area (Å²) in [6.07, 6.45) is 4.06. The summed E-state index contributed by atoms with van der Waals surface area (Å²) >= 11 is 0. The molecule has 4 heteroatoms. The number of rotatable bonds is 4. The molecule has 1 heterocycles. The Morgan fingerprint density at radius 3 is 2.63 bits per heavy atom. The molecule has 1 aliphatic rings. The lowest BCUT2D eigenvalue weighted by atomic mass is 9.98. The van der Waals surface area contributed by atoms with Crippen molar-refractivity contribution in [2.45, 2.75) is 44.8 Å². The van der Waals surface area contributed by atoms with Gasteiger partial charge in [-0.2, -0.15) is 0 Å². The van der Waals surface area contributed by atoms with E-state index in [1.54, 1.807) is 6.07 Å². The molecular formula is C15H20O3S. The Kier molecular flexibility index (Phi) is 4.45. The molecule has 2 rings (SSSR count). The summed E-state index contributed by atoms with van der Waals surface area (Å²) in [5.74, 6) is 5.19. The third-order valence-corrected chi connectivity index (χ3v) is 4.14. The lowest BCUT2D eigenvalue weighted by Crippen LogP contribution is -2.28. The topological polar surface area (TPSA) is 42.6 Å². The molecule has 3 nitrogen and oxygen atoms in total. The van der Waals surface area contributed by atoms with Crippen molar-refractivity contribution in [2.24, 2.45) is 0 Å². The molecule has 1 aromatic heterocycles. The van der Waals surface area contributed by atoms with Crippen LogP contribution in [0, 0.1) is 0 Å². The highest BCUT2D eigenvalue weighted by atomic mass is 32.1. The Labute approximate surface area is 117 Å². The average Bonchev–Trinajstić information content (AvgIpc) is 3.05. The Bertz CT molecular complexity index is 517. The maximum Gasteiger partial charge on any atom is 0.136 e. The second kappa shape index (κ2) is 5.90. The smallest absolute Gasteiger partial charge is 0.136 e. The van der Waals surface area contributed by atoms with Gasteiger partial charge in [0.15, 0.2) is 0 Å². The van der Waals surface area contributed by atoms with E-state index >= 15 is 0 Å². The summed E-state index contributed by atoms with van der Waals surface area (Å²) < 4.78 is 11.9. The van der Waals surface area contributed by atoms with E-state index < -0.39 is 5.60 Å². The summed E-state index contributed by atoms with van der Waals surface area (Å²) in [5, 5.41) is 9.88. The van der Waals surface area contributed by atoms with Crippen LogP contribution < -0.4 is 0 Å². The number of furan rings is 1. The predicted molar refractivity (Wildman–Crippen MR) is 80.4 cm³/mol. The zero-order valence-corrected chi connectivity index (χ0v) is 12.1. The highest BCUT2D eigenvalue weighted by Gasteiger charge is 2.41. The van der Waals surface area contributed by atoms with Crippen LogP contribution in [0.3, 0.4) is 0 Å². The molecular weight excluding hydrogens is 260 g/mol. The van der Waals surface area contributed by atoms with Crippen molar-refractivity contribution in [3.63, 3.8) is 0 Å². The van der Waals surface area contributed by atoms with E-state index in [1.165, 1.54) is 10.9 Å². The summed E-state index contributed by atoms with van der Waals surface area (Å²) in [4.78, 5) is 0. The lowest BCUT2D eigenvalue weighted by molar-refractivity contribution is 0.0385. The van der Waals surface area contributed by atoms with E-state index in [2.05, 4.69) is 12.4 Å². The van der Waals surface area contributed by atoms with Crippen LogP contribution in [0.4, 0.5) is 0 Å². The van der Waals surface area contributed by atoms with Crippen LogP contribution in [-0.4, -0.2) is 16.0 Å². The molecule has 104 valence electrons. The quantitative estimate of drug-likeness (QED) is 0.678. The van der Waals surface area contributed by atoms with Gasteiger partial charge in [-0.3, -0.25) is 0 Å². The van der Waals surface area contributed by atoms with E-state index in [-0.39, 0.29) is 6.61 Å². The molecule has 0 atom stereocenters. The molecule has 0 unspecified atom stereocenters. The molecule has 1 N–H and O–H groups in total. The maximum absolute atomic E-state index is 9.13. The maximum atomic E-state index is 9.13. The largest absolute Gasteiger partial charge is 0.461 e. The van der Waals surface area contributed by atoms with E-state index in [1.807, 2.05) is 13.0 Å². The minimum Gasteiger partial charge on any atom is -0.461 e. The fraction of sp³-hybridized carbons (Fsp3) is 0.467. The van der Waals surface area contributed by atoms with Crippen molar-refractivity contribution < 1.29 is 14.3 Å². The molecule has 1 saturated carbocycles. The van der Waals surface area contributed by atoms with Gasteiger partial charge in [0.2, 0.25) is 0 Å². The van der Waals surface area contributed by atoms with Gasteiger partial charge in [-0.15, -0.1) is 10.9 Å². The molecule has 0 aromatic carbocycles. The van der Waals surface area contributed by atoms with Crippen molar-refractivity contribution in [1.82, 2.24) is 0 Å². The van der Waals surface area contributed by atoms with E-state index in [9.17, 15) is 0 Å². The fourth-order valence-corrected chi connectivity index (χ4v) is 2.93. The molecule has 1 fully saturated rings. The zero-order valence-electron chi connectivity index (χ0n) is 11.3. The third-order valence-electron chi connectivity index (χ3n) is 3.45. The number of hydrogen-bond donors (Lipinski definition) is 1. The number of hydrogen-bond acceptors (Lipinski definition) is 3. The number of aliphatic hydroxyl groups is 1. The van der Waals surface area contributed by atoms with Gasteiger partial charge in [-0.1, -0.05) is 6.58 Å². The molecule has 1 aliphatic carbocycles. The van der Waals surface area contributed by atoms with Gasteiger partial charge in [-0.25, -0.2) is 0 Å². The molecule has 0 spiro atoms. The summed E-state index contributed by atoms with van der Waals surface area (Å²) in [5.41, 5.74) is 0.451. The summed E-state index contributed by atoms with van der Waals surface area (Å²) in [6.45, 7) is 5.75. The Hall–Kier alpha value is -1.10. The predicted octanol–water partition coefficient (Wildman–Crippen LogP) is 3.43. The number of ether oxygens (including phenoxy) is 1. The van der Waals surface area contributed by atoms with Crippen molar-refractivity contribution in [2.75, 3.05) is 0 Å². The van der Waals surface area contributed by atoms with Gasteiger partial charge < -0.3 is 14.3 Å². The van der Waals surface area contributed by atoms with Crippen molar-refractivity contribution in [3.05, 3.63) is 35.8 Å². The monoisotopic (exact) mass is 280 g/mol. The van der Waals surface area contributed by atoms with Gasteiger partial charge in [0.25, 0.3) is 0 Å². The normalized spacial score (nSPS) is 17.4. The van der Waals surface area contributed by atoms with Crippen LogP contribution >= 0.6 is 10.9 Å². The minimum atomic E-state index is -0.424. The summed E-state index contributed by atoms with van der Waals surface area (Å²) in [6, 6.07) is 3.71. The molecule has 0 bridgehead atoms. The molecule has 0 radical (unpaired) electrons. The second-order valence-corrected chi connectivity index (χ2v) is 5.60. The Balaban J connectivity index is 2.32. The highest BCUT2D eigenvalue weighted by Crippen LogP contribution is 2.43. The first-order chi connectivity index (χ1) is 9.11. The van der Waals surface area contributed by atoms with Crippen LogP contribution in [0.15, 0.2) is 28.7 Å². The van der Waals surface area contributed by atoms with Gasteiger partial charge in [0.1, 0.15) is 28.8 Å². The van der Waals surface area contributed by atoms with Gasteiger partial charge in [0, 0.05) is 0 Å². The van der Waals surface area contributed by atoms with E-state index in [0.29, 0.717) is 5.76 Å². The average molecular weight is 280 g/mol. The first-order valence-corrected chi connectivity index (χ1v) is 7.44. The zero-order chi connectivity index (χ0) is 13.9. The van der Waals surface area contributed by atoms with Crippen molar-refractivity contribution >= 4 is 21.9 Å². The van der Waals surface area contributed by atoms with Gasteiger partial charge in [0.05, 0.1) is 0 Å². The molecule has 0 saturated heterocycles. The molecule has 0 amide bonds. The molecule has 19 heavy (non-hydrogen) atoms. The fourth-order valence-electron chi connectivity index (χ4n) is 2.47. The number of aliphatic hydroxyl groups excluding tert-OH is 1. The third kappa shape index (κ3) is 2.91. The Morgan fingerprint density at radius 2 is 2.16 bits per heavy atom. The van der Waals surface area contributed by atoms with Gasteiger partial charge >= 0.3 is 0 Å². The first-order valence-electron chi connectivity index (χ1n) is 6.45. The van der Waals surface area contributed by atoms with Crippen molar-refractivity contribution in [3.8, 4) is 0 Å². The lowest BCUT2D eigenvalue weighted by Gasteiger charge is -2.27.